The van der Waals surface area contributed by atoms with Crippen molar-refractivity contribution in [2.24, 2.45) is 5.14 Å². The van der Waals surface area contributed by atoms with Gasteiger partial charge in [-0.05, 0) is 62.4 Å². The molecule has 10 heteroatoms. The summed E-state index contributed by atoms with van der Waals surface area (Å²) in [4.78, 5) is 13.1. The molecule has 4 aromatic rings. The number of aromatic nitrogens is 3. The van der Waals surface area contributed by atoms with Gasteiger partial charge in [-0.1, -0.05) is 0 Å². The van der Waals surface area contributed by atoms with E-state index in [1.54, 1.807) is 30.3 Å². The molecule has 7 nitrogen and oxygen atoms in total. The molecule has 0 saturated heterocycles. The first-order valence-corrected chi connectivity index (χ1v) is 11.6. The molecule has 0 amide bonds. The molecule has 2 aromatic carbocycles. The summed E-state index contributed by atoms with van der Waals surface area (Å²) in [6.07, 6.45) is 0. The summed E-state index contributed by atoms with van der Waals surface area (Å²) in [6, 6.07) is 12.6. The number of nitrogens with two attached hydrogens (primary N) is 1. The number of benzene rings is 2. The van der Waals surface area contributed by atoms with Crippen LogP contribution in [0.5, 0.6) is 0 Å². The van der Waals surface area contributed by atoms with E-state index in [1.165, 1.54) is 29.5 Å². The van der Waals surface area contributed by atoms with Crippen molar-refractivity contribution in [1.29, 1.82) is 0 Å². The molecule has 0 fully saturated rings. The lowest BCUT2D eigenvalue weighted by Gasteiger charge is -2.11. The number of nitrogens with zero attached hydrogens (tertiary/aromatic N) is 3. The number of rotatable bonds is 5. The van der Waals surface area contributed by atoms with E-state index >= 15 is 0 Å². The van der Waals surface area contributed by atoms with Gasteiger partial charge in [0.2, 0.25) is 10.0 Å². The smallest absolute Gasteiger partial charge is 0.238 e. The first kappa shape index (κ1) is 21.0. The number of primary sulfonamides is 1. The highest BCUT2D eigenvalue weighted by molar-refractivity contribution is 7.89. The molecule has 0 aliphatic rings. The van der Waals surface area contributed by atoms with Crippen molar-refractivity contribution in [3.63, 3.8) is 0 Å². The van der Waals surface area contributed by atoms with Crippen molar-refractivity contribution in [1.82, 2.24) is 15.0 Å². The number of hydrogen-bond donors (Lipinski definition) is 2. The molecule has 158 valence electrons. The molecule has 2 heterocycles. The van der Waals surface area contributed by atoms with Crippen LogP contribution in [0.2, 0.25) is 0 Å². The fourth-order valence-electron chi connectivity index (χ4n) is 3.07. The molecule has 0 unspecified atom stereocenters. The number of nitrogens with one attached hydrogen (secondary N) is 1. The Labute approximate surface area is 182 Å². The van der Waals surface area contributed by atoms with Gasteiger partial charge in [-0.3, -0.25) is 0 Å². The monoisotopic (exact) mass is 455 g/mol. The van der Waals surface area contributed by atoms with Gasteiger partial charge in [0.1, 0.15) is 5.82 Å². The number of halogens is 1. The molecule has 3 N–H and O–H groups in total. The summed E-state index contributed by atoms with van der Waals surface area (Å²) < 4.78 is 37.7. The quantitative estimate of drug-likeness (QED) is 0.461. The Kier molecular flexibility index (Phi) is 5.52. The highest BCUT2D eigenvalue weighted by atomic mass is 32.2. The van der Waals surface area contributed by atoms with Crippen molar-refractivity contribution in [2.75, 3.05) is 5.32 Å². The SMILES string of the molecule is Cc1cc(C)nc(-c2ccc(Nc3nc(-c4ccc(F)cc4)cs3)cc2S(N)(=O)=O)n1. The summed E-state index contributed by atoms with van der Waals surface area (Å²) in [6.45, 7) is 3.62. The van der Waals surface area contributed by atoms with Crippen molar-refractivity contribution in [2.45, 2.75) is 18.7 Å². The van der Waals surface area contributed by atoms with Crippen LogP contribution in [0.25, 0.3) is 22.6 Å². The summed E-state index contributed by atoms with van der Waals surface area (Å²) >= 11 is 1.34. The zero-order chi connectivity index (χ0) is 22.2. The van der Waals surface area contributed by atoms with Crippen LogP contribution in [0.15, 0.2) is 58.8 Å². The van der Waals surface area contributed by atoms with Crippen molar-refractivity contribution < 1.29 is 12.8 Å². The molecular weight excluding hydrogens is 437 g/mol. The molecule has 0 bridgehead atoms. The Balaban J connectivity index is 1.68. The lowest BCUT2D eigenvalue weighted by atomic mass is 10.1. The fraction of sp³-hybridized carbons (Fsp3) is 0.0952. The summed E-state index contributed by atoms with van der Waals surface area (Å²) in [5, 5.41) is 10.9. The van der Waals surface area contributed by atoms with E-state index in [0.717, 1.165) is 17.0 Å². The summed E-state index contributed by atoms with van der Waals surface area (Å²) in [5.41, 5.74) is 3.73. The minimum atomic E-state index is -4.04. The predicted molar refractivity (Wildman–Crippen MR) is 119 cm³/mol. The normalized spacial score (nSPS) is 11.5. The highest BCUT2D eigenvalue weighted by Gasteiger charge is 2.19. The second-order valence-electron chi connectivity index (χ2n) is 6.90. The maximum absolute atomic E-state index is 13.1. The van der Waals surface area contributed by atoms with Crippen LogP contribution < -0.4 is 10.5 Å². The maximum Gasteiger partial charge on any atom is 0.238 e. The van der Waals surface area contributed by atoms with E-state index < -0.39 is 10.0 Å². The molecule has 2 aromatic heterocycles. The van der Waals surface area contributed by atoms with Gasteiger partial charge >= 0.3 is 0 Å². The first-order valence-electron chi connectivity index (χ1n) is 9.17. The van der Waals surface area contributed by atoms with Crippen LogP contribution in [-0.4, -0.2) is 23.4 Å². The van der Waals surface area contributed by atoms with Gasteiger partial charge in [0.25, 0.3) is 0 Å². The van der Waals surface area contributed by atoms with Crippen LogP contribution in [-0.2, 0) is 10.0 Å². The van der Waals surface area contributed by atoms with Gasteiger partial charge in [-0.2, -0.15) is 0 Å². The minimum absolute atomic E-state index is 0.0854. The average molecular weight is 456 g/mol. The van der Waals surface area contributed by atoms with Crippen LogP contribution in [0, 0.1) is 19.7 Å². The van der Waals surface area contributed by atoms with Crippen molar-refractivity contribution in [3.8, 4) is 22.6 Å². The molecule has 0 spiro atoms. The molecule has 0 saturated carbocycles. The van der Waals surface area contributed by atoms with Gasteiger partial charge in [-0.15, -0.1) is 11.3 Å². The van der Waals surface area contributed by atoms with Crippen LogP contribution in [0.3, 0.4) is 0 Å². The second kappa shape index (κ2) is 8.14. The summed E-state index contributed by atoms with van der Waals surface area (Å²) in [7, 11) is -4.04. The lowest BCUT2D eigenvalue weighted by Crippen LogP contribution is -2.14. The Morgan fingerprint density at radius 1 is 0.968 bits per heavy atom. The molecule has 0 radical (unpaired) electrons. The van der Waals surface area contributed by atoms with Crippen molar-refractivity contribution >= 4 is 32.2 Å². The van der Waals surface area contributed by atoms with E-state index in [4.69, 9.17) is 5.14 Å². The summed E-state index contributed by atoms with van der Waals surface area (Å²) in [5.74, 6) is -0.0263. The largest absolute Gasteiger partial charge is 0.331 e. The fourth-order valence-corrected chi connectivity index (χ4v) is 4.57. The molecule has 0 atom stereocenters. The third-order valence-corrected chi connectivity index (χ3v) is 6.12. The number of anilines is 2. The van der Waals surface area contributed by atoms with Crippen molar-refractivity contribution in [3.05, 3.63) is 71.1 Å². The van der Waals surface area contributed by atoms with E-state index in [-0.39, 0.29) is 10.7 Å². The molecule has 0 aliphatic heterocycles. The van der Waals surface area contributed by atoms with Crippen LogP contribution in [0.4, 0.5) is 15.2 Å². The predicted octanol–water partition coefficient (Wildman–Crippen LogP) is 4.41. The topological polar surface area (TPSA) is 111 Å². The van der Waals surface area contributed by atoms with Crippen LogP contribution in [0.1, 0.15) is 11.4 Å². The van der Waals surface area contributed by atoms with E-state index in [9.17, 15) is 12.8 Å². The molecule has 0 aliphatic carbocycles. The third-order valence-electron chi connectivity index (χ3n) is 4.41. The van der Waals surface area contributed by atoms with Gasteiger partial charge in [-0.25, -0.2) is 32.9 Å². The van der Waals surface area contributed by atoms with Gasteiger partial charge in [0, 0.05) is 33.6 Å². The number of thiazole rings is 1. The zero-order valence-electron chi connectivity index (χ0n) is 16.6. The van der Waals surface area contributed by atoms with Gasteiger partial charge in [0.15, 0.2) is 11.0 Å². The standard InChI is InChI=1S/C21H18FN5O2S2/c1-12-9-13(2)25-20(24-12)17-8-7-16(10-19(17)31(23,28)29)26-21-27-18(11-30-21)14-3-5-15(22)6-4-14/h3-11H,1-2H3,(H,26,27)(H2,23,28,29). The molecule has 4 rings (SSSR count). The number of sulfonamides is 1. The van der Waals surface area contributed by atoms with E-state index in [2.05, 4.69) is 20.3 Å². The second-order valence-corrected chi connectivity index (χ2v) is 9.29. The zero-order valence-corrected chi connectivity index (χ0v) is 18.3. The van der Waals surface area contributed by atoms with E-state index in [0.29, 0.717) is 27.9 Å². The van der Waals surface area contributed by atoms with Crippen LogP contribution >= 0.6 is 11.3 Å². The minimum Gasteiger partial charge on any atom is -0.331 e. The van der Waals surface area contributed by atoms with E-state index in [1.807, 2.05) is 19.2 Å². The van der Waals surface area contributed by atoms with Gasteiger partial charge in [0.05, 0.1) is 10.6 Å². The molecule has 31 heavy (non-hydrogen) atoms. The number of hydrogen-bond acceptors (Lipinski definition) is 7. The Bertz CT molecular complexity index is 1350. The lowest BCUT2D eigenvalue weighted by molar-refractivity contribution is 0.598. The Morgan fingerprint density at radius 3 is 2.29 bits per heavy atom. The highest BCUT2D eigenvalue weighted by Crippen LogP contribution is 2.31. The Hall–Kier alpha value is -3.21. The number of aryl methyl sites for hydroxylation is 2. The first-order chi connectivity index (χ1) is 14.7. The Morgan fingerprint density at radius 2 is 1.65 bits per heavy atom. The van der Waals surface area contributed by atoms with Gasteiger partial charge < -0.3 is 5.32 Å². The average Bonchev–Trinajstić information content (AvgIpc) is 3.15. The third kappa shape index (κ3) is 4.76. The molecular formula is C21H18FN5O2S2. The maximum atomic E-state index is 13.1.